The molecule has 0 saturated heterocycles. The largest absolute Gasteiger partial charge is 0.327 e. The van der Waals surface area contributed by atoms with Gasteiger partial charge in [-0.25, -0.2) is 0 Å². The van der Waals surface area contributed by atoms with Crippen molar-refractivity contribution in [1.82, 2.24) is 20.6 Å². The average molecular weight is 277 g/mol. The highest BCUT2D eigenvalue weighted by Gasteiger charge is 2.58. The number of carbonyl (C=O) groups is 2. The lowest BCUT2D eigenvalue weighted by atomic mass is 9.68. The fourth-order valence-corrected chi connectivity index (χ4v) is 3.91. The topological polar surface area (TPSA) is 115 Å². The Morgan fingerprint density at radius 2 is 2.05 bits per heavy atom. The van der Waals surface area contributed by atoms with Gasteiger partial charge < -0.3 is 5.73 Å². The van der Waals surface area contributed by atoms with Gasteiger partial charge in [0.1, 0.15) is 0 Å². The number of hydrogen-bond acceptors (Lipinski definition) is 6. The molecule has 2 fully saturated rings. The lowest BCUT2D eigenvalue weighted by molar-refractivity contribution is -0.136. The van der Waals surface area contributed by atoms with Gasteiger partial charge in [-0.3, -0.25) is 9.59 Å². The smallest absolute Gasteiger partial charge is 0.203 e. The molecule has 2 saturated carbocycles. The van der Waals surface area contributed by atoms with Crippen molar-refractivity contribution in [1.29, 1.82) is 0 Å². The van der Waals surface area contributed by atoms with Gasteiger partial charge in [0.05, 0.1) is 0 Å². The van der Waals surface area contributed by atoms with Crippen molar-refractivity contribution < 1.29 is 9.59 Å². The third-order valence-electron chi connectivity index (χ3n) is 4.78. The number of aromatic nitrogens is 4. The fraction of sp³-hybridized carbons (Fsp3) is 0.769. The van der Waals surface area contributed by atoms with E-state index in [-0.39, 0.29) is 41.3 Å². The first-order chi connectivity index (χ1) is 9.65. The number of nitrogens with zero attached hydrogens (tertiary/aromatic N) is 3. The Labute approximate surface area is 116 Å². The number of nitrogens with one attached hydrogen (secondary N) is 1. The van der Waals surface area contributed by atoms with Gasteiger partial charge in [-0.05, 0) is 18.8 Å². The molecule has 7 nitrogen and oxygen atoms in total. The first kappa shape index (κ1) is 13.4. The minimum atomic E-state index is -0.309. The molecule has 0 aromatic carbocycles. The molecule has 0 radical (unpaired) electrons. The zero-order valence-corrected chi connectivity index (χ0v) is 11.5. The number of ketones is 2. The van der Waals surface area contributed by atoms with Crippen molar-refractivity contribution in [3.8, 4) is 0 Å². The molecule has 108 valence electrons. The van der Waals surface area contributed by atoms with E-state index in [4.69, 9.17) is 5.73 Å². The van der Waals surface area contributed by atoms with Crippen molar-refractivity contribution in [3.63, 3.8) is 0 Å². The van der Waals surface area contributed by atoms with Gasteiger partial charge in [0.25, 0.3) is 0 Å². The number of tetrazole rings is 1. The molecule has 0 spiro atoms. The molecule has 0 aliphatic heterocycles. The molecule has 2 bridgehead atoms. The number of nitrogens with two attached hydrogens (primary N) is 1. The number of aromatic amines is 1. The fourth-order valence-electron chi connectivity index (χ4n) is 3.91. The molecule has 1 aromatic heterocycles. The van der Waals surface area contributed by atoms with E-state index in [0.29, 0.717) is 12.2 Å². The Balaban J connectivity index is 1.95. The quantitative estimate of drug-likeness (QED) is 0.760. The molecule has 2 aliphatic carbocycles. The first-order valence-corrected chi connectivity index (χ1v) is 7.22. The lowest BCUT2D eigenvalue weighted by Crippen LogP contribution is -2.43. The highest BCUT2D eigenvalue weighted by Crippen LogP contribution is 2.50. The Bertz CT molecular complexity index is 515. The summed E-state index contributed by atoms with van der Waals surface area (Å²) in [4.78, 5) is 24.5. The molecule has 1 aromatic rings. The molecule has 5 unspecified atom stereocenters. The van der Waals surface area contributed by atoms with Crippen LogP contribution >= 0.6 is 0 Å². The number of H-pyrrole nitrogens is 1. The predicted molar refractivity (Wildman–Crippen MR) is 69.5 cm³/mol. The van der Waals surface area contributed by atoms with Crippen LogP contribution in [0.1, 0.15) is 44.3 Å². The second-order valence-corrected chi connectivity index (χ2v) is 5.86. The maximum absolute atomic E-state index is 12.3. The van der Waals surface area contributed by atoms with E-state index in [2.05, 4.69) is 27.5 Å². The monoisotopic (exact) mass is 277 g/mol. The van der Waals surface area contributed by atoms with Crippen LogP contribution in [0, 0.1) is 17.8 Å². The Morgan fingerprint density at radius 3 is 2.70 bits per heavy atom. The molecular weight excluding hydrogens is 258 g/mol. The molecule has 1 heterocycles. The predicted octanol–water partition coefficient (Wildman–Crippen LogP) is 0.205. The summed E-state index contributed by atoms with van der Waals surface area (Å²) in [5, 5.41) is 14.0. The number of hydrogen-bond donors (Lipinski definition) is 2. The SMILES string of the molecule is CCCCC1C2C(=O)C(=O)C1C(c1nn[nH]n1)CC2N. The summed E-state index contributed by atoms with van der Waals surface area (Å²) in [5.41, 5.74) is 6.17. The molecule has 5 atom stereocenters. The summed E-state index contributed by atoms with van der Waals surface area (Å²) < 4.78 is 0. The maximum atomic E-state index is 12.3. The van der Waals surface area contributed by atoms with Gasteiger partial charge in [-0.1, -0.05) is 25.0 Å². The van der Waals surface area contributed by atoms with Crippen LogP contribution < -0.4 is 5.73 Å². The summed E-state index contributed by atoms with van der Waals surface area (Å²) in [6, 6.07) is -0.282. The van der Waals surface area contributed by atoms with Gasteiger partial charge in [0.15, 0.2) is 5.82 Å². The number of fused-ring (bicyclic) bond motifs is 2. The van der Waals surface area contributed by atoms with Crippen molar-refractivity contribution in [2.75, 3.05) is 0 Å². The number of unbranched alkanes of at least 4 members (excludes halogenated alkanes) is 1. The second kappa shape index (κ2) is 5.05. The third kappa shape index (κ3) is 1.88. The van der Waals surface area contributed by atoms with Gasteiger partial charge in [-0.15, -0.1) is 10.2 Å². The third-order valence-corrected chi connectivity index (χ3v) is 4.78. The Kier molecular flexibility index (Phi) is 3.37. The van der Waals surface area contributed by atoms with Crippen LogP contribution in [0.25, 0.3) is 0 Å². The van der Waals surface area contributed by atoms with E-state index in [9.17, 15) is 9.59 Å². The zero-order chi connectivity index (χ0) is 14.3. The van der Waals surface area contributed by atoms with Crippen LogP contribution in [0.15, 0.2) is 0 Å². The molecule has 20 heavy (non-hydrogen) atoms. The van der Waals surface area contributed by atoms with Gasteiger partial charge in [0.2, 0.25) is 11.6 Å². The summed E-state index contributed by atoms with van der Waals surface area (Å²) in [6.45, 7) is 2.10. The van der Waals surface area contributed by atoms with Gasteiger partial charge >= 0.3 is 0 Å². The normalized spacial score (nSPS) is 36.6. The van der Waals surface area contributed by atoms with Crippen LogP contribution in [0.4, 0.5) is 0 Å². The van der Waals surface area contributed by atoms with E-state index < -0.39 is 0 Å². The van der Waals surface area contributed by atoms with Crippen LogP contribution in [0.2, 0.25) is 0 Å². The summed E-state index contributed by atoms with van der Waals surface area (Å²) in [5.74, 6) is -0.802. The zero-order valence-electron chi connectivity index (χ0n) is 11.5. The summed E-state index contributed by atoms with van der Waals surface area (Å²) in [7, 11) is 0. The molecule has 7 heteroatoms. The van der Waals surface area contributed by atoms with Crippen molar-refractivity contribution >= 4 is 11.6 Å². The van der Waals surface area contributed by atoms with E-state index in [1.165, 1.54) is 0 Å². The van der Waals surface area contributed by atoms with Crippen LogP contribution in [-0.4, -0.2) is 38.2 Å². The highest BCUT2D eigenvalue weighted by molar-refractivity contribution is 6.41. The Morgan fingerprint density at radius 1 is 1.30 bits per heavy atom. The maximum Gasteiger partial charge on any atom is 0.203 e. The molecular formula is C13H19N5O2. The van der Waals surface area contributed by atoms with Crippen LogP contribution in [0.3, 0.4) is 0 Å². The van der Waals surface area contributed by atoms with E-state index in [1.54, 1.807) is 0 Å². The van der Waals surface area contributed by atoms with Crippen LogP contribution in [-0.2, 0) is 9.59 Å². The molecule has 3 N–H and O–H groups in total. The van der Waals surface area contributed by atoms with Gasteiger partial charge in [-0.2, -0.15) is 5.21 Å². The summed E-state index contributed by atoms with van der Waals surface area (Å²) >= 11 is 0. The van der Waals surface area contributed by atoms with E-state index in [1.807, 2.05) is 0 Å². The van der Waals surface area contributed by atoms with Crippen LogP contribution in [0.5, 0.6) is 0 Å². The van der Waals surface area contributed by atoms with E-state index in [0.717, 1.165) is 19.3 Å². The van der Waals surface area contributed by atoms with Crippen molar-refractivity contribution in [3.05, 3.63) is 5.82 Å². The van der Waals surface area contributed by atoms with Gasteiger partial charge in [0, 0.05) is 23.8 Å². The average Bonchev–Trinajstić information content (AvgIpc) is 3.02. The highest BCUT2D eigenvalue weighted by atomic mass is 16.2. The summed E-state index contributed by atoms with van der Waals surface area (Å²) in [6.07, 6.45) is 3.49. The molecule has 2 aliphatic rings. The standard InChI is InChI=1S/C13H19N5O2/c1-2-3-4-6-9-7(13-15-17-18-16-13)5-8(14)10(6)12(20)11(9)19/h6-10H,2-5,14H2,1H3,(H,15,16,17,18). The lowest BCUT2D eigenvalue weighted by Gasteiger charge is -2.36. The number of Topliss-reactive ketones (excluding diaryl/α,β-unsaturated/α-hetero) is 2. The molecule has 0 amide bonds. The number of carbonyl (C=O) groups excluding carboxylic acids is 2. The number of rotatable bonds is 4. The van der Waals surface area contributed by atoms with Crippen molar-refractivity contribution in [2.45, 2.75) is 44.6 Å². The van der Waals surface area contributed by atoms with Crippen molar-refractivity contribution in [2.24, 2.45) is 23.5 Å². The minimum absolute atomic E-state index is 0.0437. The second-order valence-electron chi connectivity index (χ2n) is 5.86. The minimum Gasteiger partial charge on any atom is -0.327 e. The Hall–Kier alpha value is -1.63. The van der Waals surface area contributed by atoms with E-state index >= 15 is 0 Å². The molecule has 3 rings (SSSR count). The first-order valence-electron chi connectivity index (χ1n) is 7.22.